The van der Waals surface area contributed by atoms with Crippen molar-refractivity contribution in [1.29, 1.82) is 0 Å². The molecule has 0 aromatic rings. The van der Waals surface area contributed by atoms with Gasteiger partial charge in [0, 0.05) is 20.0 Å². The summed E-state index contributed by atoms with van der Waals surface area (Å²) in [6.45, 7) is 5.46. The van der Waals surface area contributed by atoms with Crippen molar-refractivity contribution in [2.24, 2.45) is 0 Å². The van der Waals surface area contributed by atoms with Crippen LogP contribution < -0.4 is 0 Å². The Balaban J connectivity index is 3.37. The minimum absolute atomic E-state index is 0.184. The van der Waals surface area contributed by atoms with Gasteiger partial charge in [0.25, 0.3) is 0 Å². The molecular formula is C9H16O2. The largest absolute Gasteiger partial charge is 0.382 e. The van der Waals surface area contributed by atoms with Crippen LogP contribution in [0, 0.1) is 0 Å². The smallest absolute Gasteiger partial charge is 0.136 e. The molecule has 0 radical (unpaired) electrons. The lowest BCUT2D eigenvalue weighted by atomic mass is 10.1. The summed E-state index contributed by atoms with van der Waals surface area (Å²) < 4.78 is 5.00. The molecule has 2 heteroatoms. The quantitative estimate of drug-likeness (QED) is 0.549. The summed E-state index contributed by atoms with van der Waals surface area (Å²) in [5.74, 6) is 0.240. The van der Waals surface area contributed by atoms with Crippen molar-refractivity contribution < 1.29 is 9.53 Å². The van der Waals surface area contributed by atoms with Gasteiger partial charge in [-0.1, -0.05) is 6.08 Å². The van der Waals surface area contributed by atoms with E-state index in [0.717, 1.165) is 6.42 Å². The second kappa shape index (κ2) is 6.10. The summed E-state index contributed by atoms with van der Waals surface area (Å²) in [7, 11) is 1.66. The fourth-order valence-electron chi connectivity index (χ4n) is 0.745. The monoisotopic (exact) mass is 156 g/mol. The van der Waals surface area contributed by atoms with Gasteiger partial charge in [0.1, 0.15) is 5.78 Å². The Labute approximate surface area is 68.2 Å². The summed E-state index contributed by atoms with van der Waals surface area (Å²) in [6.07, 6.45) is 3.71. The number of rotatable bonds is 6. The molecule has 0 aliphatic carbocycles. The second-order valence-corrected chi connectivity index (χ2v) is 2.62. The lowest BCUT2D eigenvalue weighted by Gasteiger charge is -2.06. The maximum Gasteiger partial charge on any atom is 0.136 e. The van der Waals surface area contributed by atoms with Crippen molar-refractivity contribution in [1.82, 2.24) is 0 Å². The third kappa shape index (κ3) is 5.80. The summed E-state index contributed by atoms with van der Waals surface area (Å²) in [4.78, 5) is 10.9. The zero-order valence-corrected chi connectivity index (χ0v) is 7.30. The van der Waals surface area contributed by atoms with Gasteiger partial charge in [-0.05, 0) is 13.3 Å². The molecule has 0 amide bonds. The highest BCUT2D eigenvalue weighted by molar-refractivity contribution is 5.79. The molecule has 0 aliphatic heterocycles. The van der Waals surface area contributed by atoms with E-state index in [9.17, 15) is 4.79 Å². The molecule has 0 fully saturated rings. The number of hydrogen-bond donors (Lipinski definition) is 0. The minimum atomic E-state index is 0.184. The molecular weight excluding hydrogens is 140 g/mol. The Hall–Kier alpha value is -0.630. The van der Waals surface area contributed by atoms with Crippen LogP contribution in [0.3, 0.4) is 0 Å². The Bertz CT molecular complexity index is 130. The van der Waals surface area contributed by atoms with Gasteiger partial charge < -0.3 is 4.74 Å². The van der Waals surface area contributed by atoms with Crippen molar-refractivity contribution in [2.75, 3.05) is 7.11 Å². The van der Waals surface area contributed by atoms with Crippen LogP contribution in [0.1, 0.15) is 26.2 Å². The number of methoxy groups -OCH3 is 1. The first kappa shape index (κ1) is 10.4. The van der Waals surface area contributed by atoms with Gasteiger partial charge in [-0.2, -0.15) is 0 Å². The Kier molecular flexibility index (Phi) is 5.75. The van der Waals surface area contributed by atoms with E-state index in [4.69, 9.17) is 4.74 Å². The maximum absolute atomic E-state index is 10.9. The van der Waals surface area contributed by atoms with Crippen molar-refractivity contribution in [3.63, 3.8) is 0 Å². The first-order valence-electron chi connectivity index (χ1n) is 3.86. The molecule has 2 nitrogen and oxygen atoms in total. The number of ether oxygens (including phenoxy) is 1. The van der Waals surface area contributed by atoms with Gasteiger partial charge in [0.2, 0.25) is 0 Å². The molecule has 0 saturated carbocycles. The second-order valence-electron chi connectivity index (χ2n) is 2.62. The molecule has 0 N–H and O–H groups in total. The van der Waals surface area contributed by atoms with E-state index >= 15 is 0 Å². The van der Waals surface area contributed by atoms with Crippen molar-refractivity contribution in [3.8, 4) is 0 Å². The number of ketones is 1. The molecule has 64 valence electrons. The Morgan fingerprint density at radius 3 is 2.82 bits per heavy atom. The first-order valence-corrected chi connectivity index (χ1v) is 3.86. The van der Waals surface area contributed by atoms with Crippen molar-refractivity contribution in [2.45, 2.75) is 32.3 Å². The van der Waals surface area contributed by atoms with Gasteiger partial charge >= 0.3 is 0 Å². The SMILES string of the molecule is C=CCC(=O)CCC(C)OC. The molecule has 0 bridgehead atoms. The van der Waals surface area contributed by atoms with E-state index in [-0.39, 0.29) is 11.9 Å². The lowest BCUT2D eigenvalue weighted by Crippen LogP contribution is -2.07. The topological polar surface area (TPSA) is 26.3 Å². The highest BCUT2D eigenvalue weighted by Gasteiger charge is 2.03. The molecule has 0 heterocycles. The molecule has 1 atom stereocenters. The van der Waals surface area contributed by atoms with E-state index in [0.29, 0.717) is 12.8 Å². The van der Waals surface area contributed by atoms with E-state index in [2.05, 4.69) is 6.58 Å². The fourth-order valence-corrected chi connectivity index (χ4v) is 0.745. The third-order valence-corrected chi connectivity index (χ3v) is 1.60. The van der Waals surface area contributed by atoms with Crippen LogP contribution in [0.25, 0.3) is 0 Å². The zero-order chi connectivity index (χ0) is 8.69. The number of carbonyl (C=O) groups is 1. The molecule has 0 spiro atoms. The van der Waals surface area contributed by atoms with E-state index < -0.39 is 0 Å². The number of hydrogen-bond acceptors (Lipinski definition) is 2. The van der Waals surface area contributed by atoms with E-state index in [1.54, 1.807) is 13.2 Å². The highest BCUT2D eigenvalue weighted by Crippen LogP contribution is 2.02. The highest BCUT2D eigenvalue weighted by atomic mass is 16.5. The minimum Gasteiger partial charge on any atom is -0.382 e. The molecule has 1 unspecified atom stereocenters. The first-order chi connectivity index (χ1) is 5.20. The maximum atomic E-state index is 10.9. The molecule has 11 heavy (non-hydrogen) atoms. The summed E-state index contributed by atoms with van der Waals surface area (Å²) in [6, 6.07) is 0. The number of carbonyl (C=O) groups excluding carboxylic acids is 1. The van der Waals surface area contributed by atoms with Crippen LogP contribution in [0.5, 0.6) is 0 Å². The van der Waals surface area contributed by atoms with Crippen LogP contribution in [-0.4, -0.2) is 19.0 Å². The molecule has 0 aliphatic rings. The predicted molar refractivity (Wildman–Crippen MR) is 45.5 cm³/mol. The molecule has 0 aromatic heterocycles. The number of allylic oxidation sites excluding steroid dienone is 1. The predicted octanol–water partition coefficient (Wildman–Crippen LogP) is 1.95. The summed E-state index contributed by atoms with van der Waals surface area (Å²) >= 11 is 0. The van der Waals surface area contributed by atoms with Crippen LogP contribution in [0.4, 0.5) is 0 Å². The zero-order valence-electron chi connectivity index (χ0n) is 7.30. The van der Waals surface area contributed by atoms with Crippen LogP contribution in [0.2, 0.25) is 0 Å². The Morgan fingerprint density at radius 1 is 1.73 bits per heavy atom. The van der Waals surface area contributed by atoms with Gasteiger partial charge in [-0.15, -0.1) is 6.58 Å². The lowest BCUT2D eigenvalue weighted by molar-refractivity contribution is -0.118. The van der Waals surface area contributed by atoms with Gasteiger partial charge in [-0.3, -0.25) is 4.79 Å². The van der Waals surface area contributed by atoms with Crippen LogP contribution >= 0.6 is 0 Å². The van der Waals surface area contributed by atoms with E-state index in [1.165, 1.54) is 0 Å². The summed E-state index contributed by atoms with van der Waals surface area (Å²) in [5.41, 5.74) is 0. The number of Topliss-reactive ketones (excluding diaryl/α,β-unsaturated/α-hetero) is 1. The van der Waals surface area contributed by atoms with Gasteiger partial charge in [0.05, 0.1) is 6.10 Å². The molecule has 0 rings (SSSR count). The standard InChI is InChI=1S/C9H16O2/c1-4-5-9(10)7-6-8(2)11-3/h4,8H,1,5-7H2,2-3H3. The molecule has 0 saturated heterocycles. The van der Waals surface area contributed by atoms with Gasteiger partial charge in [-0.25, -0.2) is 0 Å². The summed E-state index contributed by atoms with van der Waals surface area (Å²) in [5, 5.41) is 0. The average Bonchev–Trinajstić information content (AvgIpc) is 2.01. The normalized spacial score (nSPS) is 12.5. The molecule has 0 aromatic carbocycles. The van der Waals surface area contributed by atoms with Crippen LogP contribution in [0.15, 0.2) is 12.7 Å². The third-order valence-electron chi connectivity index (χ3n) is 1.60. The fraction of sp³-hybridized carbons (Fsp3) is 0.667. The van der Waals surface area contributed by atoms with E-state index in [1.807, 2.05) is 6.92 Å². The average molecular weight is 156 g/mol. The van der Waals surface area contributed by atoms with Gasteiger partial charge in [0.15, 0.2) is 0 Å². The van der Waals surface area contributed by atoms with Crippen molar-refractivity contribution >= 4 is 5.78 Å². The van der Waals surface area contributed by atoms with Crippen LogP contribution in [-0.2, 0) is 9.53 Å². The Morgan fingerprint density at radius 2 is 2.36 bits per heavy atom. The van der Waals surface area contributed by atoms with Crippen molar-refractivity contribution in [3.05, 3.63) is 12.7 Å².